The van der Waals surface area contributed by atoms with Crippen molar-refractivity contribution in [1.82, 2.24) is 19.8 Å². The van der Waals surface area contributed by atoms with E-state index in [1.807, 2.05) is 62.4 Å². The summed E-state index contributed by atoms with van der Waals surface area (Å²) in [5, 5.41) is 19.7. The fourth-order valence-electron chi connectivity index (χ4n) is 8.37. The molecule has 9 rings (SSSR count). The van der Waals surface area contributed by atoms with Gasteiger partial charge in [0.25, 0.3) is 0 Å². The quantitative estimate of drug-likeness (QED) is 0.146. The number of aliphatic carboxylic acids is 1. The number of hydrogen-bond acceptors (Lipinski definition) is 10. The van der Waals surface area contributed by atoms with Crippen LogP contribution >= 0.6 is 0 Å². The van der Waals surface area contributed by atoms with E-state index in [0.717, 1.165) is 66.1 Å². The van der Waals surface area contributed by atoms with E-state index >= 15 is 0 Å². The number of nitriles is 1. The van der Waals surface area contributed by atoms with Gasteiger partial charge in [0, 0.05) is 42.4 Å². The van der Waals surface area contributed by atoms with Gasteiger partial charge in [-0.2, -0.15) is 14.0 Å². The van der Waals surface area contributed by atoms with E-state index in [1.165, 1.54) is 6.07 Å². The van der Waals surface area contributed by atoms with Crippen molar-refractivity contribution < 1.29 is 37.0 Å². The molecule has 1 N–H and O–H groups in total. The predicted molar refractivity (Wildman–Crippen MR) is 198 cm³/mol. The zero-order chi connectivity index (χ0) is 38.0. The first kappa shape index (κ1) is 35.0. The predicted octanol–water partition coefficient (Wildman–Crippen LogP) is 8.08. The lowest BCUT2D eigenvalue weighted by atomic mass is 9.82. The number of hydrogen-bond donors (Lipinski definition) is 1. The van der Waals surface area contributed by atoms with Crippen LogP contribution in [0.2, 0.25) is 0 Å². The number of halogens is 2. The van der Waals surface area contributed by atoms with Crippen molar-refractivity contribution >= 4 is 28.2 Å². The van der Waals surface area contributed by atoms with E-state index in [2.05, 4.69) is 11.0 Å². The van der Waals surface area contributed by atoms with Gasteiger partial charge in [-0.15, -0.1) is 0 Å². The summed E-state index contributed by atoms with van der Waals surface area (Å²) in [7, 11) is 0. The first-order valence-electron chi connectivity index (χ1n) is 18.3. The number of ether oxygens (including phenoxy) is 2. The van der Waals surface area contributed by atoms with Crippen LogP contribution in [-0.2, 0) is 22.6 Å². The molecule has 0 amide bonds. The van der Waals surface area contributed by atoms with Crippen molar-refractivity contribution in [2.24, 2.45) is 0 Å². The molecular formula is C42H37F2N5O6. The summed E-state index contributed by atoms with van der Waals surface area (Å²) in [6.45, 7) is 4.78. The molecule has 11 nitrogen and oxygen atoms in total. The molecule has 280 valence electrons. The van der Waals surface area contributed by atoms with Crippen LogP contribution in [0.15, 0.2) is 69.5 Å². The first-order chi connectivity index (χ1) is 26.6. The lowest BCUT2D eigenvalue weighted by Gasteiger charge is -2.57. The number of aromatic nitrogens is 2. The van der Waals surface area contributed by atoms with Gasteiger partial charge in [-0.1, -0.05) is 24.3 Å². The number of alkyl halides is 2. The van der Waals surface area contributed by atoms with E-state index < -0.39 is 18.6 Å². The minimum atomic E-state index is -3.07. The van der Waals surface area contributed by atoms with Gasteiger partial charge in [0.15, 0.2) is 11.2 Å². The Kier molecular flexibility index (Phi) is 8.64. The Labute approximate surface area is 314 Å². The fraction of sp³-hybridized carbons (Fsp3) is 0.333. The third kappa shape index (κ3) is 6.10. The maximum Gasteiger partial charge on any atom is 0.387 e. The normalized spacial score (nSPS) is 18.2. The Balaban J connectivity index is 1.04. The lowest BCUT2D eigenvalue weighted by molar-refractivity contribution is -0.195. The van der Waals surface area contributed by atoms with Gasteiger partial charge in [0.1, 0.15) is 28.9 Å². The molecule has 1 atom stereocenters. The summed E-state index contributed by atoms with van der Waals surface area (Å²) >= 11 is 0. The van der Waals surface area contributed by atoms with Crippen LogP contribution in [-0.4, -0.2) is 75.3 Å². The van der Waals surface area contributed by atoms with Gasteiger partial charge in [0.05, 0.1) is 24.3 Å². The maximum atomic E-state index is 13.5. The average Bonchev–Trinajstić information content (AvgIpc) is 3.88. The molecule has 3 aliphatic heterocycles. The van der Waals surface area contributed by atoms with E-state index in [4.69, 9.17) is 28.3 Å². The van der Waals surface area contributed by atoms with Crippen molar-refractivity contribution in [3.05, 3.63) is 88.5 Å². The second-order valence-corrected chi connectivity index (χ2v) is 14.8. The molecule has 4 aromatic carbocycles. The summed E-state index contributed by atoms with van der Waals surface area (Å²) < 4.78 is 49.9. The van der Waals surface area contributed by atoms with Crippen molar-refractivity contribution in [3.8, 4) is 45.9 Å². The summed E-state index contributed by atoms with van der Waals surface area (Å²) in [6.07, 6.45) is 2.31. The van der Waals surface area contributed by atoms with Crippen LogP contribution in [0.5, 0.6) is 5.75 Å². The molecular weight excluding hydrogens is 708 g/mol. The molecule has 2 aromatic heterocycles. The Morgan fingerprint density at radius 3 is 2.27 bits per heavy atom. The zero-order valence-electron chi connectivity index (χ0n) is 30.3. The van der Waals surface area contributed by atoms with Crippen LogP contribution in [0.4, 0.5) is 8.78 Å². The van der Waals surface area contributed by atoms with E-state index in [1.54, 1.807) is 11.0 Å². The third-order valence-electron chi connectivity index (χ3n) is 11.5. The molecule has 3 saturated heterocycles. The molecule has 55 heavy (non-hydrogen) atoms. The monoisotopic (exact) mass is 745 g/mol. The van der Waals surface area contributed by atoms with Crippen LogP contribution in [0.1, 0.15) is 47.1 Å². The second-order valence-electron chi connectivity index (χ2n) is 14.8. The minimum Gasteiger partial charge on any atom is -0.480 e. The molecule has 0 radical (unpaired) electrons. The number of carboxylic acid groups (broad SMARTS) is 1. The number of rotatable bonds is 10. The van der Waals surface area contributed by atoms with Crippen molar-refractivity contribution in [3.63, 3.8) is 0 Å². The van der Waals surface area contributed by atoms with Gasteiger partial charge in [-0.25, -0.2) is 9.97 Å². The molecule has 3 fully saturated rings. The largest absolute Gasteiger partial charge is 0.480 e. The Hall–Kier alpha value is -5.68. The summed E-state index contributed by atoms with van der Waals surface area (Å²) in [6, 6.07) is 20.3. The fourth-order valence-corrected chi connectivity index (χ4v) is 8.37. The van der Waals surface area contributed by atoms with Crippen LogP contribution in [0, 0.1) is 25.2 Å². The topological polar surface area (TPSA) is 138 Å². The molecule has 0 unspecified atom stereocenters. The standard InChI is InChI=1S/C42H37F2N5O6/c1-23-28(6-3-8-30(23)38-46-32-16-27(20-48-12-5-10-34(48)40(50)51)35(54-41(43)44)17-36(32)53-38)29-7-4-9-31(24(29)2)39-47-33-15-25(14-26(18-45)37(33)55-39)19-49-13-11-42(49)21-52-22-42/h3-4,6-9,14-17,34,41H,5,10-13,19-22H2,1-2H3,(H,50,51)/t34-/m0/s1. The average molecular weight is 746 g/mol. The molecule has 6 aromatic rings. The number of carbonyl (C=O) groups is 1. The number of likely N-dealkylation sites (tertiary alicyclic amines) is 2. The van der Waals surface area contributed by atoms with E-state index in [-0.39, 0.29) is 23.4 Å². The Morgan fingerprint density at radius 1 is 0.964 bits per heavy atom. The van der Waals surface area contributed by atoms with Gasteiger partial charge in [-0.05, 0) is 97.8 Å². The molecule has 5 heterocycles. The van der Waals surface area contributed by atoms with E-state index in [0.29, 0.717) is 64.5 Å². The lowest BCUT2D eigenvalue weighted by Crippen LogP contribution is -2.70. The van der Waals surface area contributed by atoms with Gasteiger partial charge in [0.2, 0.25) is 11.8 Å². The van der Waals surface area contributed by atoms with Crippen molar-refractivity contribution in [1.29, 1.82) is 5.26 Å². The molecule has 0 aliphatic carbocycles. The van der Waals surface area contributed by atoms with E-state index in [9.17, 15) is 23.9 Å². The smallest absolute Gasteiger partial charge is 0.387 e. The highest BCUT2D eigenvalue weighted by molar-refractivity contribution is 5.86. The SMILES string of the molecule is Cc1c(-c2nc3cc(CN4CCC[C@H]4C(=O)O)c(OC(F)F)cc3o2)cccc1-c1cccc(-c2nc3cc(CN4CCC45COC5)cc(C#N)c3o2)c1C. The maximum absolute atomic E-state index is 13.5. The van der Waals surface area contributed by atoms with Gasteiger partial charge < -0.3 is 23.4 Å². The summed E-state index contributed by atoms with van der Waals surface area (Å²) in [5.41, 5.74) is 8.99. The molecule has 13 heteroatoms. The highest BCUT2D eigenvalue weighted by atomic mass is 19.3. The van der Waals surface area contributed by atoms with Crippen molar-refractivity contribution in [2.45, 2.75) is 64.4 Å². The Morgan fingerprint density at radius 2 is 1.65 bits per heavy atom. The number of carboxylic acids is 1. The van der Waals surface area contributed by atoms with Gasteiger partial charge >= 0.3 is 12.6 Å². The highest BCUT2D eigenvalue weighted by Crippen LogP contribution is 2.41. The number of fused-ring (bicyclic) bond motifs is 2. The number of benzene rings is 4. The minimum absolute atomic E-state index is 0.0789. The molecule has 0 bridgehead atoms. The molecule has 0 saturated carbocycles. The highest BCUT2D eigenvalue weighted by Gasteiger charge is 2.50. The molecule has 3 aliphatic rings. The number of nitrogens with zero attached hydrogens (tertiary/aromatic N) is 5. The zero-order valence-corrected chi connectivity index (χ0v) is 30.3. The first-order valence-corrected chi connectivity index (χ1v) is 18.3. The molecule has 1 spiro atoms. The van der Waals surface area contributed by atoms with Crippen LogP contribution in [0.3, 0.4) is 0 Å². The van der Waals surface area contributed by atoms with Crippen LogP contribution in [0.25, 0.3) is 56.2 Å². The Bertz CT molecular complexity index is 2530. The van der Waals surface area contributed by atoms with Gasteiger partial charge in [-0.3, -0.25) is 14.6 Å². The number of oxazole rings is 2. The third-order valence-corrected chi connectivity index (χ3v) is 11.5. The second kappa shape index (κ2) is 13.6. The summed E-state index contributed by atoms with van der Waals surface area (Å²) in [4.78, 5) is 25.6. The van der Waals surface area contributed by atoms with Crippen molar-refractivity contribution in [2.75, 3.05) is 26.3 Å². The summed E-state index contributed by atoms with van der Waals surface area (Å²) in [5.74, 6) is -0.295. The van der Waals surface area contributed by atoms with Crippen LogP contribution < -0.4 is 4.74 Å².